The van der Waals surface area contributed by atoms with Gasteiger partial charge in [0, 0.05) is 0 Å². The normalized spacial score (nSPS) is 17.0. The first-order chi connectivity index (χ1) is 11.9. The Labute approximate surface area is 148 Å². The Balaban J connectivity index is 1.78. The van der Waals surface area contributed by atoms with Crippen LogP contribution in [0.1, 0.15) is 31.2 Å². The Morgan fingerprint density at radius 1 is 1.12 bits per heavy atom. The van der Waals surface area contributed by atoms with Gasteiger partial charge in [-0.25, -0.2) is 13.1 Å². The minimum atomic E-state index is -3.53. The van der Waals surface area contributed by atoms with Gasteiger partial charge in [0.2, 0.25) is 15.9 Å². The summed E-state index contributed by atoms with van der Waals surface area (Å²) in [4.78, 5) is 11.9. The second-order valence-corrected chi connectivity index (χ2v) is 8.65. The molecule has 0 heterocycles. The van der Waals surface area contributed by atoms with Crippen molar-refractivity contribution in [1.29, 1.82) is 0 Å². The number of amides is 1. The number of primary amides is 1. The van der Waals surface area contributed by atoms with Crippen LogP contribution in [0.3, 0.4) is 0 Å². The number of fused-ring (bicyclic) bond motifs is 1. The van der Waals surface area contributed by atoms with Gasteiger partial charge >= 0.3 is 0 Å². The van der Waals surface area contributed by atoms with Crippen LogP contribution in [0, 0.1) is 5.92 Å². The molecule has 1 unspecified atom stereocenters. The number of nitrogens with two attached hydrogens (primary N) is 1. The van der Waals surface area contributed by atoms with Gasteiger partial charge in [0.1, 0.15) is 6.04 Å². The number of nitrogens with one attached hydrogen (secondary N) is 1. The third-order valence-corrected chi connectivity index (χ3v) is 6.45. The summed E-state index contributed by atoms with van der Waals surface area (Å²) >= 11 is 0. The molecule has 6 heteroatoms. The Morgan fingerprint density at radius 2 is 1.80 bits per heavy atom. The number of sulfonamides is 1. The van der Waals surface area contributed by atoms with Gasteiger partial charge in [0.05, 0.1) is 5.75 Å². The van der Waals surface area contributed by atoms with Crippen molar-refractivity contribution in [1.82, 2.24) is 4.72 Å². The highest BCUT2D eigenvalue weighted by Gasteiger charge is 2.27. The van der Waals surface area contributed by atoms with Crippen LogP contribution in [0.25, 0.3) is 10.8 Å². The molecule has 0 saturated heterocycles. The molecule has 1 aliphatic rings. The predicted molar refractivity (Wildman–Crippen MR) is 99.5 cm³/mol. The average molecular weight is 360 g/mol. The van der Waals surface area contributed by atoms with Crippen LogP contribution in [0.15, 0.2) is 42.5 Å². The molecule has 3 rings (SSSR count). The van der Waals surface area contributed by atoms with Crippen molar-refractivity contribution in [2.24, 2.45) is 11.7 Å². The molecule has 3 N–H and O–H groups in total. The third kappa shape index (κ3) is 4.58. The van der Waals surface area contributed by atoms with Gasteiger partial charge in [0.25, 0.3) is 0 Å². The number of carbonyl (C=O) groups excluding carboxylic acids is 1. The summed E-state index contributed by atoms with van der Waals surface area (Å²) in [7, 11) is -3.53. The fourth-order valence-corrected chi connectivity index (χ4v) is 5.33. The molecule has 0 spiro atoms. The van der Waals surface area contributed by atoms with E-state index in [1.807, 2.05) is 42.5 Å². The summed E-state index contributed by atoms with van der Waals surface area (Å²) in [6.45, 7) is 0. The average Bonchev–Trinajstić information content (AvgIpc) is 3.06. The van der Waals surface area contributed by atoms with Crippen LogP contribution in [-0.4, -0.2) is 26.1 Å². The molecule has 134 valence electrons. The third-order valence-electron chi connectivity index (χ3n) is 4.90. The van der Waals surface area contributed by atoms with Crippen LogP contribution in [0.2, 0.25) is 0 Å². The van der Waals surface area contributed by atoms with Gasteiger partial charge in [-0.1, -0.05) is 55.3 Å². The van der Waals surface area contributed by atoms with E-state index in [4.69, 9.17) is 5.73 Å². The standard InChI is InChI=1S/C19H24N2O3S/c20-19(22)18(21-25(23,24)13-14-6-1-2-7-14)12-16-10-5-9-15-8-3-4-11-17(15)16/h3-5,8-11,14,18,21H,1-2,6-7,12-13H2,(H2,20,22). The van der Waals surface area contributed by atoms with Crippen LogP contribution < -0.4 is 10.5 Å². The van der Waals surface area contributed by atoms with Gasteiger partial charge < -0.3 is 5.73 Å². The van der Waals surface area contributed by atoms with Gasteiger partial charge in [-0.15, -0.1) is 0 Å². The highest BCUT2D eigenvalue weighted by molar-refractivity contribution is 7.89. The lowest BCUT2D eigenvalue weighted by Crippen LogP contribution is -2.47. The van der Waals surface area contributed by atoms with Gasteiger partial charge in [-0.3, -0.25) is 4.79 Å². The lowest BCUT2D eigenvalue weighted by Gasteiger charge is -2.18. The Morgan fingerprint density at radius 3 is 2.52 bits per heavy atom. The van der Waals surface area contributed by atoms with E-state index < -0.39 is 22.0 Å². The first-order valence-electron chi connectivity index (χ1n) is 8.70. The van der Waals surface area contributed by atoms with Gasteiger partial charge in [-0.2, -0.15) is 0 Å². The zero-order valence-electron chi connectivity index (χ0n) is 14.1. The lowest BCUT2D eigenvalue weighted by atomic mass is 9.99. The predicted octanol–water partition coefficient (Wildman–Crippen LogP) is 2.35. The topological polar surface area (TPSA) is 89.3 Å². The zero-order valence-corrected chi connectivity index (χ0v) is 15.0. The summed E-state index contributed by atoms with van der Waals surface area (Å²) in [6.07, 6.45) is 4.28. The summed E-state index contributed by atoms with van der Waals surface area (Å²) in [5.74, 6) is -0.390. The molecular formula is C19H24N2O3S. The summed E-state index contributed by atoms with van der Waals surface area (Å²) in [5.41, 5.74) is 6.39. The SMILES string of the molecule is NC(=O)C(Cc1cccc2ccccc12)NS(=O)(=O)CC1CCCC1. The van der Waals surface area contributed by atoms with E-state index in [1.165, 1.54) is 0 Å². The fourth-order valence-electron chi connectivity index (χ4n) is 3.64. The minimum Gasteiger partial charge on any atom is -0.368 e. The molecule has 1 amide bonds. The van der Waals surface area contributed by atoms with E-state index in [0.717, 1.165) is 42.0 Å². The monoisotopic (exact) mass is 360 g/mol. The minimum absolute atomic E-state index is 0.0757. The van der Waals surface area contributed by atoms with Crippen molar-refractivity contribution in [2.75, 3.05) is 5.75 Å². The molecule has 0 radical (unpaired) electrons. The van der Waals surface area contributed by atoms with Crippen LogP contribution in [0.4, 0.5) is 0 Å². The lowest BCUT2D eigenvalue weighted by molar-refractivity contribution is -0.119. The molecular weight excluding hydrogens is 336 g/mol. The molecule has 2 aromatic carbocycles. The second kappa shape index (κ2) is 7.54. The van der Waals surface area contributed by atoms with E-state index in [9.17, 15) is 13.2 Å². The number of hydrogen-bond donors (Lipinski definition) is 2. The highest BCUT2D eigenvalue weighted by atomic mass is 32.2. The number of carbonyl (C=O) groups is 1. The maximum Gasteiger partial charge on any atom is 0.235 e. The van der Waals surface area contributed by atoms with Crippen molar-refractivity contribution >= 4 is 26.7 Å². The van der Waals surface area contributed by atoms with E-state index >= 15 is 0 Å². The first kappa shape index (κ1) is 17.9. The van der Waals surface area contributed by atoms with Crippen molar-refractivity contribution in [3.63, 3.8) is 0 Å². The summed E-state index contributed by atoms with van der Waals surface area (Å²) in [6, 6.07) is 12.7. The quantitative estimate of drug-likeness (QED) is 0.794. The van der Waals surface area contributed by atoms with Crippen LogP contribution in [0.5, 0.6) is 0 Å². The summed E-state index contributed by atoms with van der Waals surface area (Å²) in [5, 5.41) is 2.06. The van der Waals surface area contributed by atoms with E-state index in [1.54, 1.807) is 0 Å². The molecule has 1 saturated carbocycles. The van der Waals surface area contributed by atoms with Crippen molar-refractivity contribution in [3.8, 4) is 0 Å². The summed E-state index contributed by atoms with van der Waals surface area (Å²) < 4.78 is 27.4. The van der Waals surface area contributed by atoms with Crippen molar-refractivity contribution < 1.29 is 13.2 Å². The number of rotatable bonds is 7. The smallest absolute Gasteiger partial charge is 0.235 e. The maximum absolute atomic E-state index is 12.4. The highest BCUT2D eigenvalue weighted by Crippen LogP contribution is 2.26. The first-order valence-corrected chi connectivity index (χ1v) is 10.4. The molecule has 1 atom stereocenters. The van der Waals surface area contributed by atoms with E-state index in [2.05, 4.69) is 4.72 Å². The van der Waals surface area contributed by atoms with Crippen LogP contribution >= 0.6 is 0 Å². The molecule has 5 nitrogen and oxygen atoms in total. The maximum atomic E-state index is 12.4. The fraction of sp³-hybridized carbons (Fsp3) is 0.421. The molecule has 0 bridgehead atoms. The molecule has 2 aromatic rings. The van der Waals surface area contributed by atoms with Crippen LogP contribution in [-0.2, 0) is 21.2 Å². The second-order valence-electron chi connectivity index (χ2n) is 6.85. The Kier molecular flexibility index (Phi) is 5.39. The van der Waals surface area contributed by atoms with Gasteiger partial charge in [-0.05, 0) is 41.5 Å². The molecule has 1 fully saturated rings. The van der Waals surface area contributed by atoms with Crippen molar-refractivity contribution in [2.45, 2.75) is 38.1 Å². The van der Waals surface area contributed by atoms with Gasteiger partial charge in [0.15, 0.2) is 0 Å². The number of hydrogen-bond acceptors (Lipinski definition) is 3. The zero-order chi connectivity index (χ0) is 17.9. The molecule has 0 aliphatic heterocycles. The number of benzene rings is 2. The Bertz CT molecular complexity index is 853. The van der Waals surface area contributed by atoms with Crippen molar-refractivity contribution in [3.05, 3.63) is 48.0 Å². The van der Waals surface area contributed by atoms with E-state index in [0.29, 0.717) is 0 Å². The van der Waals surface area contributed by atoms with E-state index in [-0.39, 0.29) is 18.1 Å². The largest absolute Gasteiger partial charge is 0.368 e. The Hall–Kier alpha value is -1.92. The molecule has 25 heavy (non-hydrogen) atoms. The molecule has 0 aromatic heterocycles. The molecule has 1 aliphatic carbocycles.